The molecule has 8 nitrogen and oxygen atoms in total. The molecule has 43 heavy (non-hydrogen) atoms. The molecule has 0 bridgehead atoms. The maximum Gasteiger partial charge on any atom is 0.425 e. The van der Waals surface area contributed by atoms with Crippen LogP contribution < -0.4 is 15.0 Å². The fourth-order valence-corrected chi connectivity index (χ4v) is 4.45. The Bertz CT molecular complexity index is 1460. The zero-order valence-corrected chi connectivity index (χ0v) is 24.8. The average molecular weight is 606 g/mol. The Labute approximate surface area is 247 Å². The van der Waals surface area contributed by atoms with E-state index in [-0.39, 0.29) is 23.7 Å². The number of amides is 2. The molecule has 1 saturated carbocycles. The zero-order chi connectivity index (χ0) is 31.7. The number of hydrogen-bond donors (Lipinski definition) is 1. The van der Waals surface area contributed by atoms with Gasteiger partial charge in [-0.15, -0.1) is 0 Å². The second-order valence-electron chi connectivity index (χ2n) is 12.4. The number of hydrogen-bond acceptors (Lipinski definition) is 7. The van der Waals surface area contributed by atoms with Crippen molar-refractivity contribution < 1.29 is 41.4 Å². The van der Waals surface area contributed by atoms with Crippen LogP contribution in [0.2, 0.25) is 0 Å². The molecule has 1 aromatic heterocycles. The van der Waals surface area contributed by atoms with Crippen LogP contribution in [0.5, 0.6) is 5.75 Å². The third-order valence-electron chi connectivity index (χ3n) is 6.44. The molecule has 4 rings (SSSR count). The quantitative estimate of drug-likeness (QED) is 0.287. The van der Waals surface area contributed by atoms with E-state index >= 15 is 0 Å². The fraction of sp³-hybridized carbons (Fsp3) is 0.452. The number of anilines is 1. The number of alkyl halides is 3. The summed E-state index contributed by atoms with van der Waals surface area (Å²) in [5.41, 5.74) is -2.23. The van der Waals surface area contributed by atoms with Gasteiger partial charge in [0, 0.05) is 24.2 Å². The minimum absolute atomic E-state index is 0.0316. The van der Waals surface area contributed by atoms with Crippen LogP contribution in [-0.2, 0) is 22.2 Å². The van der Waals surface area contributed by atoms with Crippen molar-refractivity contribution in [3.63, 3.8) is 0 Å². The highest BCUT2D eigenvalue weighted by atomic mass is 19.4. The van der Waals surface area contributed by atoms with Gasteiger partial charge in [0.1, 0.15) is 34.7 Å². The van der Waals surface area contributed by atoms with Gasteiger partial charge in [0.2, 0.25) is 0 Å². The predicted octanol–water partition coefficient (Wildman–Crippen LogP) is 7.77. The first kappa shape index (κ1) is 32.0. The molecule has 0 radical (unpaired) electrons. The smallest absolute Gasteiger partial charge is 0.425 e. The van der Waals surface area contributed by atoms with Crippen LogP contribution in [-0.4, -0.2) is 40.5 Å². The summed E-state index contributed by atoms with van der Waals surface area (Å²) in [4.78, 5) is 31.3. The van der Waals surface area contributed by atoms with Gasteiger partial charge in [0.25, 0.3) is 0 Å². The summed E-state index contributed by atoms with van der Waals surface area (Å²) in [5.74, 6) is -1.34. The second kappa shape index (κ2) is 12.0. The molecule has 0 spiro atoms. The summed E-state index contributed by atoms with van der Waals surface area (Å²) in [7, 11) is 0. The lowest BCUT2D eigenvalue weighted by Gasteiger charge is -2.36. The number of carbonyl (C=O) groups is 2. The molecule has 1 N–H and O–H groups in total. The van der Waals surface area contributed by atoms with E-state index < -0.39 is 40.9 Å². The van der Waals surface area contributed by atoms with E-state index in [4.69, 9.17) is 14.2 Å². The van der Waals surface area contributed by atoms with Crippen molar-refractivity contribution in [3.8, 4) is 5.75 Å². The number of nitrogens with zero attached hydrogens (tertiary/aromatic N) is 2. The number of pyridine rings is 1. The van der Waals surface area contributed by atoms with Gasteiger partial charge in [-0.3, -0.25) is 0 Å². The van der Waals surface area contributed by atoms with E-state index in [9.17, 15) is 27.2 Å². The number of imide groups is 1. The van der Waals surface area contributed by atoms with Crippen molar-refractivity contribution in [1.82, 2.24) is 10.3 Å². The third kappa shape index (κ3) is 8.34. The van der Waals surface area contributed by atoms with Crippen LogP contribution in [0.25, 0.3) is 10.8 Å². The molecule has 2 aromatic carbocycles. The summed E-state index contributed by atoms with van der Waals surface area (Å²) >= 11 is 0. The van der Waals surface area contributed by atoms with Crippen molar-refractivity contribution in [3.05, 3.63) is 65.6 Å². The summed E-state index contributed by atoms with van der Waals surface area (Å²) in [5, 5.41) is 4.93. The number of aromatic nitrogens is 1. The molecule has 0 atom stereocenters. The summed E-state index contributed by atoms with van der Waals surface area (Å²) in [6, 6.07) is 9.88. The molecule has 0 saturated heterocycles. The van der Waals surface area contributed by atoms with Crippen LogP contribution in [0.3, 0.4) is 0 Å². The first-order chi connectivity index (χ1) is 19.9. The first-order valence-electron chi connectivity index (χ1n) is 13.8. The highest BCUT2D eigenvalue weighted by Crippen LogP contribution is 2.35. The van der Waals surface area contributed by atoms with Crippen LogP contribution >= 0.6 is 0 Å². The SMILES string of the molecule is CC(C)(C)OC(=O)N(C(=O)OC(C)(C)C)c1cc2c(CNC3CC(Oc4ccc(F)c(C(F)(F)F)c4)C3)cccc2cn1. The van der Waals surface area contributed by atoms with E-state index in [0.717, 1.165) is 27.3 Å². The Hall–Kier alpha value is -3.93. The number of benzene rings is 2. The van der Waals surface area contributed by atoms with Crippen LogP contribution in [0.4, 0.5) is 33.0 Å². The molecule has 232 valence electrons. The normalized spacial score (nSPS) is 17.3. The Kier molecular flexibility index (Phi) is 8.92. The molecular formula is C31H35F4N3O5. The summed E-state index contributed by atoms with van der Waals surface area (Å²) < 4.78 is 69.2. The summed E-state index contributed by atoms with van der Waals surface area (Å²) in [6.45, 7) is 10.5. The van der Waals surface area contributed by atoms with Gasteiger partial charge in [-0.1, -0.05) is 18.2 Å². The van der Waals surface area contributed by atoms with Gasteiger partial charge in [-0.25, -0.2) is 19.0 Å². The number of fused-ring (bicyclic) bond motifs is 1. The lowest BCUT2D eigenvalue weighted by Crippen LogP contribution is -2.46. The molecule has 12 heteroatoms. The average Bonchev–Trinajstić information content (AvgIpc) is 2.83. The number of ether oxygens (including phenoxy) is 3. The Morgan fingerprint density at radius 3 is 2.16 bits per heavy atom. The van der Waals surface area contributed by atoms with E-state index in [2.05, 4.69) is 10.3 Å². The second-order valence-corrected chi connectivity index (χ2v) is 12.4. The van der Waals surface area contributed by atoms with Gasteiger partial charge < -0.3 is 19.5 Å². The third-order valence-corrected chi connectivity index (χ3v) is 6.44. The van der Waals surface area contributed by atoms with Crippen LogP contribution in [0.1, 0.15) is 65.5 Å². The van der Waals surface area contributed by atoms with Crippen molar-refractivity contribution in [2.45, 2.75) is 90.5 Å². The highest BCUT2D eigenvalue weighted by molar-refractivity contribution is 6.09. The lowest BCUT2D eigenvalue weighted by molar-refractivity contribution is -0.140. The van der Waals surface area contributed by atoms with Crippen LogP contribution in [0, 0.1) is 5.82 Å². The van der Waals surface area contributed by atoms with Crippen molar-refractivity contribution in [2.75, 3.05) is 4.90 Å². The van der Waals surface area contributed by atoms with E-state index in [1.54, 1.807) is 53.8 Å². The molecule has 0 unspecified atom stereocenters. The predicted molar refractivity (Wildman–Crippen MR) is 152 cm³/mol. The van der Waals surface area contributed by atoms with Crippen molar-refractivity contribution >= 4 is 28.8 Å². The molecule has 3 aromatic rings. The topological polar surface area (TPSA) is 90.0 Å². The number of rotatable bonds is 6. The standard InChI is InChI=1S/C31H35F4N3O5/c1-29(2,3)42-27(39)38(28(40)43-30(4,5)6)26-15-23-18(8-7-9-19(23)17-37-26)16-36-20-12-22(13-20)41-21-10-11-25(32)24(14-21)31(33,34)35/h7-11,14-15,17,20,22,36H,12-13,16H2,1-6H3. The van der Waals surface area contributed by atoms with Crippen LogP contribution in [0.15, 0.2) is 48.7 Å². The molecule has 1 fully saturated rings. The van der Waals surface area contributed by atoms with Gasteiger partial charge >= 0.3 is 18.4 Å². The van der Waals surface area contributed by atoms with Gasteiger partial charge in [-0.05, 0) is 89.6 Å². The monoisotopic (exact) mass is 605 g/mol. The Morgan fingerprint density at radius 2 is 1.58 bits per heavy atom. The van der Waals surface area contributed by atoms with Gasteiger partial charge in [-0.2, -0.15) is 18.1 Å². The zero-order valence-electron chi connectivity index (χ0n) is 24.8. The molecular weight excluding hydrogens is 570 g/mol. The Balaban J connectivity index is 1.47. The van der Waals surface area contributed by atoms with Crippen molar-refractivity contribution in [2.24, 2.45) is 0 Å². The van der Waals surface area contributed by atoms with Crippen molar-refractivity contribution in [1.29, 1.82) is 0 Å². The lowest BCUT2D eigenvalue weighted by atomic mass is 9.89. The maximum absolute atomic E-state index is 13.6. The Morgan fingerprint density at radius 1 is 0.953 bits per heavy atom. The largest absolute Gasteiger partial charge is 0.490 e. The molecule has 0 aliphatic heterocycles. The van der Waals surface area contributed by atoms with E-state index in [1.165, 1.54) is 6.07 Å². The molecule has 1 aliphatic carbocycles. The van der Waals surface area contributed by atoms with Gasteiger partial charge in [0.15, 0.2) is 0 Å². The first-order valence-corrected chi connectivity index (χ1v) is 13.8. The molecule has 1 aliphatic rings. The van der Waals surface area contributed by atoms with Gasteiger partial charge in [0.05, 0.1) is 5.56 Å². The van der Waals surface area contributed by atoms with E-state index in [0.29, 0.717) is 25.5 Å². The highest BCUT2D eigenvalue weighted by Gasteiger charge is 2.36. The molecule has 1 heterocycles. The molecule has 2 amide bonds. The minimum Gasteiger partial charge on any atom is -0.490 e. The van der Waals surface area contributed by atoms with E-state index in [1.807, 2.05) is 18.2 Å². The maximum atomic E-state index is 13.6. The summed E-state index contributed by atoms with van der Waals surface area (Å²) in [6.07, 6.45) is -4.33. The number of halogens is 4. The number of nitrogens with one attached hydrogen (secondary N) is 1. The minimum atomic E-state index is -4.81. The fourth-order valence-electron chi connectivity index (χ4n) is 4.45. The number of carbonyl (C=O) groups excluding carboxylic acids is 2.